The predicted molar refractivity (Wildman–Crippen MR) is 88.9 cm³/mol. The lowest BCUT2D eigenvalue weighted by Crippen LogP contribution is -2.44. The van der Waals surface area contributed by atoms with Crippen LogP contribution in [0.4, 0.5) is 5.69 Å². The largest absolute Gasteiger partial charge is 0.336 e. The molecule has 0 aromatic heterocycles. The maximum Gasteiger partial charge on any atom is 0.0418 e. The first-order valence-electron chi connectivity index (χ1n) is 7.60. The summed E-state index contributed by atoms with van der Waals surface area (Å²) in [5.41, 5.74) is 2.68. The summed E-state index contributed by atoms with van der Waals surface area (Å²) in [6, 6.07) is 10.7. The molecule has 1 nitrogen and oxygen atoms in total. The molecule has 1 heteroatoms. The van der Waals surface area contributed by atoms with Crippen molar-refractivity contribution in [2.45, 2.75) is 45.6 Å². The molecule has 0 N–H and O–H groups in total. The average molecular weight is 267 g/mol. The topological polar surface area (TPSA) is 3.24 Å². The van der Waals surface area contributed by atoms with Crippen LogP contribution >= 0.6 is 0 Å². The first-order chi connectivity index (χ1) is 9.71. The summed E-state index contributed by atoms with van der Waals surface area (Å²) in [4.78, 5) is 2.49. The van der Waals surface area contributed by atoms with E-state index in [4.69, 9.17) is 0 Å². The monoisotopic (exact) mass is 267 g/mol. The Balaban J connectivity index is 2.50. The van der Waals surface area contributed by atoms with Gasteiger partial charge in [-0.1, -0.05) is 50.3 Å². The van der Waals surface area contributed by atoms with Gasteiger partial charge in [0.1, 0.15) is 0 Å². The third-order valence-corrected chi connectivity index (χ3v) is 4.30. The van der Waals surface area contributed by atoms with Crippen molar-refractivity contribution < 1.29 is 0 Å². The second-order valence-electron chi connectivity index (χ2n) is 5.53. The number of hydrogen-bond acceptors (Lipinski definition) is 1. The Hall–Kier alpha value is -1.76. The number of hydrogen-bond donors (Lipinski definition) is 0. The van der Waals surface area contributed by atoms with Gasteiger partial charge in [-0.2, -0.15) is 0 Å². The molecular weight excluding hydrogens is 242 g/mol. The molecule has 0 radical (unpaired) electrons. The zero-order valence-electron chi connectivity index (χ0n) is 12.8. The van der Waals surface area contributed by atoms with E-state index in [-0.39, 0.29) is 5.54 Å². The summed E-state index contributed by atoms with van der Waals surface area (Å²) in [7, 11) is 0. The number of para-hydroxylation sites is 1. The van der Waals surface area contributed by atoms with E-state index in [9.17, 15) is 0 Å². The van der Waals surface area contributed by atoms with Crippen molar-refractivity contribution in [1.29, 1.82) is 0 Å². The summed E-state index contributed by atoms with van der Waals surface area (Å²) in [5.74, 6) is 0. The molecule has 0 unspecified atom stereocenters. The molecule has 0 amide bonds. The van der Waals surface area contributed by atoms with Crippen LogP contribution in [0.5, 0.6) is 0 Å². The fourth-order valence-electron chi connectivity index (χ4n) is 2.63. The van der Waals surface area contributed by atoms with E-state index in [2.05, 4.69) is 86.4 Å². The Labute approximate surface area is 123 Å². The molecule has 0 atom stereocenters. The summed E-state index contributed by atoms with van der Waals surface area (Å²) >= 11 is 0. The molecule has 0 fully saturated rings. The molecule has 0 aliphatic heterocycles. The number of anilines is 1. The molecule has 20 heavy (non-hydrogen) atoms. The summed E-state index contributed by atoms with van der Waals surface area (Å²) < 4.78 is 0. The van der Waals surface area contributed by atoms with Crippen LogP contribution in [-0.2, 0) is 0 Å². The fraction of sp³-hybridized carbons (Fsp3) is 0.368. The maximum absolute atomic E-state index is 2.49. The summed E-state index contributed by atoms with van der Waals surface area (Å²) in [5, 5.41) is 0. The van der Waals surface area contributed by atoms with Gasteiger partial charge in [-0.3, -0.25) is 0 Å². The zero-order chi connectivity index (χ0) is 14.4. The molecule has 0 saturated heterocycles. The third-order valence-electron chi connectivity index (χ3n) is 4.30. The van der Waals surface area contributed by atoms with Gasteiger partial charge in [0.15, 0.2) is 0 Å². The maximum atomic E-state index is 2.49. The van der Waals surface area contributed by atoms with Crippen molar-refractivity contribution in [3.8, 4) is 0 Å². The first-order valence-corrected chi connectivity index (χ1v) is 7.60. The Kier molecular flexibility index (Phi) is 4.84. The normalized spacial score (nSPS) is 14.8. The van der Waals surface area contributed by atoms with Gasteiger partial charge in [0.25, 0.3) is 0 Å². The molecule has 106 valence electrons. The van der Waals surface area contributed by atoms with Crippen LogP contribution in [0.3, 0.4) is 0 Å². The van der Waals surface area contributed by atoms with E-state index < -0.39 is 0 Å². The van der Waals surface area contributed by atoms with Crippen LogP contribution in [0.1, 0.15) is 40.0 Å². The van der Waals surface area contributed by atoms with Crippen LogP contribution < -0.4 is 4.90 Å². The molecule has 0 heterocycles. The minimum Gasteiger partial charge on any atom is -0.336 e. The van der Waals surface area contributed by atoms with Crippen molar-refractivity contribution in [3.63, 3.8) is 0 Å². The van der Waals surface area contributed by atoms with Crippen LogP contribution in [0.2, 0.25) is 0 Å². The van der Waals surface area contributed by atoms with Gasteiger partial charge in [0.05, 0.1) is 0 Å². The van der Waals surface area contributed by atoms with Gasteiger partial charge in [0.2, 0.25) is 0 Å². The predicted octanol–water partition coefficient (Wildman–Crippen LogP) is 5.47. The van der Waals surface area contributed by atoms with Gasteiger partial charge in [0, 0.05) is 16.9 Å². The van der Waals surface area contributed by atoms with E-state index in [0.29, 0.717) is 0 Å². The van der Waals surface area contributed by atoms with Crippen LogP contribution in [0, 0.1) is 0 Å². The first kappa shape index (κ1) is 14.6. The Bertz CT molecular complexity index is 504. The van der Waals surface area contributed by atoms with Gasteiger partial charge < -0.3 is 4.90 Å². The highest BCUT2D eigenvalue weighted by atomic mass is 15.2. The SMILES string of the molecule is CCC(C)(CC)N(C1=CC=CCC=C1)c1ccccc1. The molecular formula is C19H25N. The number of benzene rings is 1. The highest BCUT2D eigenvalue weighted by Gasteiger charge is 2.30. The van der Waals surface area contributed by atoms with Crippen molar-refractivity contribution >= 4 is 5.69 Å². The van der Waals surface area contributed by atoms with Gasteiger partial charge in [-0.25, -0.2) is 0 Å². The van der Waals surface area contributed by atoms with Gasteiger partial charge in [-0.05, 0) is 50.5 Å². The van der Waals surface area contributed by atoms with Crippen molar-refractivity contribution in [2.75, 3.05) is 4.90 Å². The molecule has 1 aliphatic carbocycles. The second-order valence-corrected chi connectivity index (χ2v) is 5.53. The Morgan fingerprint density at radius 3 is 2.40 bits per heavy atom. The minimum atomic E-state index is 0.135. The molecule has 0 bridgehead atoms. The van der Waals surface area contributed by atoms with E-state index in [1.165, 1.54) is 11.4 Å². The quantitative estimate of drug-likeness (QED) is 0.683. The van der Waals surface area contributed by atoms with Crippen molar-refractivity contribution in [3.05, 3.63) is 66.4 Å². The molecule has 1 aromatic rings. The summed E-state index contributed by atoms with van der Waals surface area (Å²) in [6.07, 6.45) is 14.3. The molecule has 1 aromatic carbocycles. The van der Waals surface area contributed by atoms with Crippen LogP contribution in [-0.4, -0.2) is 5.54 Å². The van der Waals surface area contributed by atoms with Gasteiger partial charge >= 0.3 is 0 Å². The molecule has 1 aliphatic rings. The Morgan fingerprint density at radius 1 is 1.05 bits per heavy atom. The lowest BCUT2D eigenvalue weighted by Gasteiger charge is -2.43. The molecule has 0 saturated carbocycles. The number of rotatable bonds is 5. The standard InChI is InChI=1S/C19H25N/c1-4-19(3,5-2)20(18-15-11-8-12-16-18)17-13-9-6-7-10-14-17/h6,8-16H,4-5,7H2,1-3H3. The third kappa shape index (κ3) is 3.04. The van der Waals surface area contributed by atoms with E-state index in [1.807, 2.05) is 0 Å². The highest BCUT2D eigenvalue weighted by Crippen LogP contribution is 2.34. The van der Waals surface area contributed by atoms with E-state index >= 15 is 0 Å². The summed E-state index contributed by atoms with van der Waals surface area (Å²) in [6.45, 7) is 6.90. The smallest absolute Gasteiger partial charge is 0.0418 e. The van der Waals surface area contributed by atoms with E-state index in [1.54, 1.807) is 0 Å². The number of nitrogens with zero attached hydrogens (tertiary/aromatic N) is 1. The zero-order valence-corrected chi connectivity index (χ0v) is 12.8. The number of allylic oxidation sites excluding steroid dienone is 5. The van der Waals surface area contributed by atoms with Crippen molar-refractivity contribution in [1.82, 2.24) is 0 Å². The molecule has 0 spiro atoms. The lowest BCUT2D eigenvalue weighted by atomic mass is 9.91. The van der Waals surface area contributed by atoms with Crippen LogP contribution in [0.25, 0.3) is 0 Å². The fourth-order valence-corrected chi connectivity index (χ4v) is 2.63. The average Bonchev–Trinajstić information content (AvgIpc) is 2.77. The van der Waals surface area contributed by atoms with Crippen LogP contribution in [0.15, 0.2) is 66.4 Å². The molecule has 2 rings (SSSR count). The van der Waals surface area contributed by atoms with E-state index in [0.717, 1.165) is 19.3 Å². The Morgan fingerprint density at radius 2 is 1.75 bits per heavy atom. The van der Waals surface area contributed by atoms with Crippen molar-refractivity contribution in [2.24, 2.45) is 0 Å². The minimum absolute atomic E-state index is 0.135. The lowest BCUT2D eigenvalue weighted by molar-refractivity contribution is 0.418. The highest BCUT2D eigenvalue weighted by molar-refractivity contribution is 5.58. The van der Waals surface area contributed by atoms with Gasteiger partial charge in [-0.15, -0.1) is 0 Å². The second kappa shape index (κ2) is 6.60.